The fourth-order valence-electron chi connectivity index (χ4n) is 4.80. The van der Waals surface area contributed by atoms with Crippen LogP contribution in [0.5, 0.6) is 0 Å². The molecule has 1 aromatic rings. The number of carbonyl (C=O) groups excluding carboxylic acids is 1. The predicted molar refractivity (Wildman–Crippen MR) is 103 cm³/mol. The molecule has 0 amide bonds. The van der Waals surface area contributed by atoms with E-state index in [1.165, 1.54) is 0 Å². The zero-order valence-electron chi connectivity index (χ0n) is 16.0. The van der Waals surface area contributed by atoms with E-state index in [9.17, 15) is 4.79 Å². The molecule has 0 saturated carbocycles. The molecule has 0 N–H and O–H groups in total. The smallest absolute Gasteiger partial charge is 0.331 e. The van der Waals surface area contributed by atoms with Crippen molar-refractivity contribution in [2.75, 3.05) is 32.7 Å². The van der Waals surface area contributed by atoms with E-state index >= 15 is 0 Å². The zero-order valence-corrected chi connectivity index (χ0v) is 16.8. The molecule has 4 nitrogen and oxygen atoms in total. The number of hydrogen-bond donors (Lipinski definition) is 0. The first kappa shape index (κ1) is 18.3. The maximum Gasteiger partial charge on any atom is 0.331 e. The Morgan fingerprint density at radius 1 is 1.19 bits per heavy atom. The van der Waals surface area contributed by atoms with Crippen LogP contribution in [0.1, 0.15) is 39.2 Å². The summed E-state index contributed by atoms with van der Waals surface area (Å²) >= 11 is 6.08. The lowest BCUT2D eigenvalue weighted by atomic mass is 9.77. The molecule has 5 heteroatoms. The highest BCUT2D eigenvalue weighted by molar-refractivity contribution is 6.30. The molecule has 1 aromatic carbocycles. The van der Waals surface area contributed by atoms with Crippen molar-refractivity contribution in [2.24, 2.45) is 11.3 Å². The number of rotatable bonds is 4. The van der Waals surface area contributed by atoms with Crippen LogP contribution in [-0.4, -0.2) is 54.6 Å². The molecule has 0 aliphatic carbocycles. The Kier molecular flexibility index (Phi) is 4.57. The quantitative estimate of drug-likeness (QED) is 0.752. The zero-order chi connectivity index (χ0) is 18.5. The Hall–Kier alpha value is -1.10. The average Bonchev–Trinajstić information content (AvgIpc) is 2.60. The number of piperidine rings is 3. The first-order chi connectivity index (χ1) is 12.3. The molecule has 26 heavy (non-hydrogen) atoms. The van der Waals surface area contributed by atoms with Gasteiger partial charge in [-0.05, 0) is 61.9 Å². The van der Waals surface area contributed by atoms with Crippen molar-refractivity contribution in [1.29, 1.82) is 0 Å². The van der Waals surface area contributed by atoms with Gasteiger partial charge in [-0.2, -0.15) is 0 Å². The second-order valence-electron chi connectivity index (χ2n) is 9.18. The van der Waals surface area contributed by atoms with Gasteiger partial charge in [0.25, 0.3) is 0 Å². The van der Waals surface area contributed by atoms with Gasteiger partial charge in [0.15, 0.2) is 0 Å². The summed E-state index contributed by atoms with van der Waals surface area (Å²) in [6.07, 6.45) is 2.32. The summed E-state index contributed by atoms with van der Waals surface area (Å²) in [7, 11) is 0. The van der Waals surface area contributed by atoms with Gasteiger partial charge in [-0.15, -0.1) is 0 Å². The van der Waals surface area contributed by atoms with Crippen LogP contribution < -0.4 is 0 Å². The van der Waals surface area contributed by atoms with E-state index in [4.69, 9.17) is 16.3 Å². The summed E-state index contributed by atoms with van der Waals surface area (Å²) in [5.74, 6) is 0.403. The molecule has 4 fully saturated rings. The van der Waals surface area contributed by atoms with E-state index in [1.54, 1.807) is 0 Å². The summed E-state index contributed by atoms with van der Waals surface area (Å²) in [5.41, 5.74) is 0.444. The van der Waals surface area contributed by atoms with Crippen LogP contribution in [0.15, 0.2) is 24.3 Å². The monoisotopic (exact) mass is 376 g/mol. The van der Waals surface area contributed by atoms with Crippen molar-refractivity contribution >= 4 is 17.6 Å². The number of halogens is 1. The lowest BCUT2D eigenvalue weighted by molar-refractivity contribution is -0.181. The van der Waals surface area contributed by atoms with Crippen molar-refractivity contribution in [2.45, 2.75) is 45.3 Å². The van der Waals surface area contributed by atoms with E-state index < -0.39 is 5.54 Å². The molecule has 4 saturated heterocycles. The SMILES string of the molecule is CC1(C)CN(C(C)(C(=O)OC2CN3CCC2CC3)c2ccc(Cl)cc2)C1. The van der Waals surface area contributed by atoms with Gasteiger partial charge in [0.2, 0.25) is 0 Å². The number of hydrogen-bond acceptors (Lipinski definition) is 4. The molecule has 2 atom stereocenters. The third-order valence-electron chi connectivity index (χ3n) is 6.53. The minimum Gasteiger partial charge on any atom is -0.459 e. The average molecular weight is 377 g/mol. The second-order valence-corrected chi connectivity index (χ2v) is 9.62. The minimum atomic E-state index is -0.758. The maximum atomic E-state index is 13.4. The molecular formula is C21H29ClN2O2. The number of carbonyl (C=O) groups is 1. The van der Waals surface area contributed by atoms with Crippen LogP contribution in [0.2, 0.25) is 5.02 Å². The number of nitrogens with zero attached hydrogens (tertiary/aromatic N) is 2. The van der Waals surface area contributed by atoms with E-state index in [0.29, 0.717) is 10.9 Å². The second kappa shape index (κ2) is 6.50. The Bertz CT molecular complexity index is 674. The molecule has 4 heterocycles. The summed E-state index contributed by atoms with van der Waals surface area (Å²) in [5, 5.41) is 0.686. The Labute approximate surface area is 161 Å². The van der Waals surface area contributed by atoms with Crippen molar-refractivity contribution < 1.29 is 9.53 Å². The summed E-state index contributed by atoms with van der Waals surface area (Å²) in [6, 6.07) is 7.65. The van der Waals surface area contributed by atoms with Gasteiger partial charge in [-0.3, -0.25) is 9.80 Å². The van der Waals surface area contributed by atoms with Crippen molar-refractivity contribution in [3.63, 3.8) is 0 Å². The Morgan fingerprint density at radius 3 is 2.31 bits per heavy atom. The molecule has 2 unspecified atom stereocenters. The highest BCUT2D eigenvalue weighted by Crippen LogP contribution is 2.42. The van der Waals surface area contributed by atoms with Crippen LogP contribution in [-0.2, 0) is 15.1 Å². The van der Waals surface area contributed by atoms with E-state index in [2.05, 4.69) is 23.6 Å². The van der Waals surface area contributed by atoms with Crippen molar-refractivity contribution in [3.05, 3.63) is 34.9 Å². The largest absolute Gasteiger partial charge is 0.459 e. The van der Waals surface area contributed by atoms with Gasteiger partial charge < -0.3 is 4.74 Å². The number of esters is 1. The van der Waals surface area contributed by atoms with E-state index in [-0.39, 0.29) is 17.5 Å². The number of benzene rings is 1. The van der Waals surface area contributed by atoms with Crippen LogP contribution in [0.25, 0.3) is 0 Å². The van der Waals surface area contributed by atoms with E-state index in [1.807, 2.05) is 31.2 Å². The van der Waals surface area contributed by atoms with Gasteiger partial charge in [0.1, 0.15) is 11.6 Å². The van der Waals surface area contributed by atoms with Crippen LogP contribution in [0.3, 0.4) is 0 Å². The van der Waals surface area contributed by atoms with Gasteiger partial charge in [-0.1, -0.05) is 37.6 Å². The first-order valence-corrected chi connectivity index (χ1v) is 10.1. The number of ether oxygens (including phenoxy) is 1. The van der Waals surface area contributed by atoms with Gasteiger partial charge in [0.05, 0.1) is 0 Å². The van der Waals surface area contributed by atoms with Crippen LogP contribution >= 0.6 is 11.6 Å². The summed E-state index contributed by atoms with van der Waals surface area (Å²) in [6.45, 7) is 11.5. The van der Waals surface area contributed by atoms with Crippen molar-refractivity contribution in [3.8, 4) is 0 Å². The van der Waals surface area contributed by atoms with Gasteiger partial charge in [0, 0.05) is 24.7 Å². The fraction of sp³-hybridized carbons (Fsp3) is 0.667. The van der Waals surface area contributed by atoms with Gasteiger partial charge >= 0.3 is 5.97 Å². The molecule has 0 aromatic heterocycles. The van der Waals surface area contributed by atoms with Gasteiger partial charge in [-0.25, -0.2) is 4.79 Å². The third kappa shape index (κ3) is 3.17. The lowest BCUT2D eigenvalue weighted by Crippen LogP contribution is -2.64. The molecular weight excluding hydrogens is 348 g/mol. The predicted octanol–water partition coefficient (Wildman–Crippen LogP) is 3.53. The molecule has 2 bridgehead atoms. The first-order valence-electron chi connectivity index (χ1n) is 9.72. The van der Waals surface area contributed by atoms with Crippen LogP contribution in [0.4, 0.5) is 0 Å². The molecule has 4 aliphatic rings. The Morgan fingerprint density at radius 2 is 1.81 bits per heavy atom. The minimum absolute atomic E-state index is 0.0333. The van der Waals surface area contributed by atoms with E-state index in [0.717, 1.165) is 51.1 Å². The fourth-order valence-corrected chi connectivity index (χ4v) is 4.93. The molecule has 4 aliphatic heterocycles. The van der Waals surface area contributed by atoms with Crippen LogP contribution in [0, 0.1) is 11.3 Å². The molecule has 5 rings (SSSR count). The third-order valence-corrected chi connectivity index (χ3v) is 6.78. The lowest BCUT2D eigenvalue weighted by Gasteiger charge is -2.54. The molecule has 0 radical (unpaired) electrons. The maximum absolute atomic E-state index is 13.4. The highest BCUT2D eigenvalue weighted by Gasteiger charge is 2.52. The molecule has 142 valence electrons. The summed E-state index contributed by atoms with van der Waals surface area (Å²) in [4.78, 5) is 18.1. The topological polar surface area (TPSA) is 32.8 Å². The highest BCUT2D eigenvalue weighted by atomic mass is 35.5. The Balaban J connectivity index is 1.58. The molecule has 0 spiro atoms. The standard InChI is InChI=1S/C21H29ClN2O2/c1-20(2)13-24(14-20)21(3,16-4-6-17(22)7-5-16)19(25)26-18-12-23-10-8-15(18)9-11-23/h4-7,15,18H,8-14H2,1-3H3. The van der Waals surface area contributed by atoms with Crippen molar-refractivity contribution in [1.82, 2.24) is 9.80 Å². The normalized spacial score (nSPS) is 32.5. The number of fused-ring (bicyclic) bond motifs is 3. The summed E-state index contributed by atoms with van der Waals surface area (Å²) < 4.78 is 6.14. The number of likely N-dealkylation sites (tertiary alicyclic amines) is 1.